The van der Waals surface area contributed by atoms with Crippen molar-refractivity contribution in [2.45, 2.75) is 31.8 Å². The first-order chi connectivity index (χ1) is 7.36. The number of nitrogens with one attached hydrogen (secondary N) is 2. The quantitative estimate of drug-likeness (QED) is 0.846. The maximum atomic E-state index is 4.34. The zero-order chi connectivity index (χ0) is 10.5. The standard InChI is InChI=1S/C12H19N3.ClH/c1-10(12-6-2-3-7-14-12)15-9-11-5-4-8-13-11;/h2-3,6-7,10-11,13,15H,4-5,8-9H2,1H3;1H. The Bertz CT molecular complexity index is 286. The Morgan fingerprint density at radius 1 is 1.56 bits per heavy atom. The molecule has 1 fully saturated rings. The second-order valence-electron chi connectivity index (χ2n) is 4.18. The summed E-state index contributed by atoms with van der Waals surface area (Å²) >= 11 is 0. The van der Waals surface area contributed by atoms with Gasteiger partial charge in [-0.2, -0.15) is 0 Å². The van der Waals surface area contributed by atoms with Gasteiger partial charge in [-0.25, -0.2) is 0 Å². The second kappa shape index (κ2) is 6.84. The lowest BCUT2D eigenvalue weighted by Gasteiger charge is -2.16. The number of rotatable bonds is 4. The number of nitrogens with zero attached hydrogens (tertiary/aromatic N) is 1. The molecule has 1 aromatic heterocycles. The number of aromatic nitrogens is 1. The summed E-state index contributed by atoms with van der Waals surface area (Å²) in [7, 11) is 0. The van der Waals surface area contributed by atoms with Crippen LogP contribution in [-0.2, 0) is 0 Å². The van der Waals surface area contributed by atoms with Gasteiger partial charge in [0.2, 0.25) is 0 Å². The van der Waals surface area contributed by atoms with E-state index in [2.05, 4.69) is 28.6 Å². The van der Waals surface area contributed by atoms with Crippen molar-refractivity contribution >= 4 is 12.4 Å². The van der Waals surface area contributed by atoms with Crippen molar-refractivity contribution in [3.05, 3.63) is 30.1 Å². The molecule has 4 heteroatoms. The molecule has 0 spiro atoms. The Balaban J connectivity index is 0.00000128. The highest BCUT2D eigenvalue weighted by Gasteiger charge is 2.15. The van der Waals surface area contributed by atoms with Crippen LogP contribution in [-0.4, -0.2) is 24.1 Å². The molecule has 3 nitrogen and oxygen atoms in total. The Kier molecular flexibility index (Phi) is 5.74. The summed E-state index contributed by atoms with van der Waals surface area (Å²) < 4.78 is 0. The van der Waals surface area contributed by atoms with E-state index in [1.807, 2.05) is 18.3 Å². The summed E-state index contributed by atoms with van der Waals surface area (Å²) in [6.45, 7) is 4.37. The third-order valence-corrected chi connectivity index (χ3v) is 2.96. The molecule has 1 aromatic rings. The van der Waals surface area contributed by atoms with Crippen LogP contribution in [0.3, 0.4) is 0 Å². The van der Waals surface area contributed by atoms with E-state index in [0.717, 1.165) is 12.2 Å². The van der Waals surface area contributed by atoms with Crippen LogP contribution in [0.1, 0.15) is 31.5 Å². The lowest BCUT2D eigenvalue weighted by Crippen LogP contribution is -2.35. The molecule has 0 radical (unpaired) electrons. The van der Waals surface area contributed by atoms with Gasteiger partial charge in [-0.05, 0) is 38.4 Å². The molecule has 1 saturated heterocycles. The van der Waals surface area contributed by atoms with E-state index in [1.165, 1.54) is 19.4 Å². The molecule has 90 valence electrons. The molecular weight excluding hydrogens is 222 g/mol. The van der Waals surface area contributed by atoms with E-state index in [0.29, 0.717) is 12.1 Å². The van der Waals surface area contributed by atoms with Crippen LogP contribution in [0.25, 0.3) is 0 Å². The van der Waals surface area contributed by atoms with Crippen LogP contribution in [0, 0.1) is 0 Å². The molecule has 2 rings (SSSR count). The first-order valence-corrected chi connectivity index (χ1v) is 5.74. The molecule has 2 heterocycles. The van der Waals surface area contributed by atoms with Crippen molar-refractivity contribution in [3.63, 3.8) is 0 Å². The Hall–Kier alpha value is -0.640. The lowest BCUT2D eigenvalue weighted by molar-refractivity contribution is 0.484. The van der Waals surface area contributed by atoms with Gasteiger partial charge in [0, 0.05) is 24.8 Å². The van der Waals surface area contributed by atoms with Crippen molar-refractivity contribution in [2.24, 2.45) is 0 Å². The van der Waals surface area contributed by atoms with Crippen LogP contribution in [0.4, 0.5) is 0 Å². The first kappa shape index (κ1) is 13.4. The van der Waals surface area contributed by atoms with Gasteiger partial charge in [0.15, 0.2) is 0 Å². The van der Waals surface area contributed by atoms with Gasteiger partial charge in [-0.1, -0.05) is 6.07 Å². The summed E-state index contributed by atoms with van der Waals surface area (Å²) in [6.07, 6.45) is 4.45. The fourth-order valence-corrected chi connectivity index (χ4v) is 1.99. The molecular formula is C12H20ClN3. The molecule has 2 unspecified atom stereocenters. The van der Waals surface area contributed by atoms with Crippen LogP contribution in [0.2, 0.25) is 0 Å². The molecule has 0 bridgehead atoms. The second-order valence-corrected chi connectivity index (χ2v) is 4.18. The Labute approximate surface area is 103 Å². The SMILES string of the molecule is CC(NCC1CCCN1)c1ccccn1.Cl. The predicted octanol–water partition coefficient (Wildman–Crippen LogP) is 1.91. The third-order valence-electron chi connectivity index (χ3n) is 2.96. The smallest absolute Gasteiger partial charge is 0.0570 e. The number of hydrogen-bond acceptors (Lipinski definition) is 3. The molecule has 0 amide bonds. The zero-order valence-corrected chi connectivity index (χ0v) is 10.5. The molecule has 0 aliphatic carbocycles. The highest BCUT2D eigenvalue weighted by molar-refractivity contribution is 5.85. The minimum atomic E-state index is 0. The van der Waals surface area contributed by atoms with Crippen LogP contribution in [0.15, 0.2) is 24.4 Å². The van der Waals surface area contributed by atoms with E-state index in [1.54, 1.807) is 0 Å². The average molecular weight is 242 g/mol. The topological polar surface area (TPSA) is 37.0 Å². The summed E-state index contributed by atoms with van der Waals surface area (Å²) in [5.41, 5.74) is 1.12. The van der Waals surface area contributed by atoms with Gasteiger partial charge in [-0.15, -0.1) is 12.4 Å². The Morgan fingerprint density at radius 3 is 3.06 bits per heavy atom. The fourth-order valence-electron chi connectivity index (χ4n) is 1.99. The van der Waals surface area contributed by atoms with Gasteiger partial charge < -0.3 is 10.6 Å². The molecule has 1 aliphatic rings. The highest BCUT2D eigenvalue weighted by Crippen LogP contribution is 2.09. The number of halogens is 1. The predicted molar refractivity (Wildman–Crippen MR) is 68.9 cm³/mol. The van der Waals surface area contributed by atoms with Crippen molar-refractivity contribution in [1.29, 1.82) is 0 Å². The minimum Gasteiger partial charge on any atom is -0.313 e. The van der Waals surface area contributed by atoms with E-state index in [9.17, 15) is 0 Å². The van der Waals surface area contributed by atoms with Gasteiger partial charge >= 0.3 is 0 Å². The summed E-state index contributed by atoms with van der Waals surface area (Å²) in [5, 5.41) is 7.00. The largest absolute Gasteiger partial charge is 0.313 e. The van der Waals surface area contributed by atoms with Crippen molar-refractivity contribution in [3.8, 4) is 0 Å². The number of hydrogen-bond donors (Lipinski definition) is 2. The summed E-state index contributed by atoms with van der Waals surface area (Å²) in [6, 6.07) is 7.05. The summed E-state index contributed by atoms with van der Waals surface area (Å²) in [4.78, 5) is 4.34. The van der Waals surface area contributed by atoms with Crippen molar-refractivity contribution in [1.82, 2.24) is 15.6 Å². The van der Waals surface area contributed by atoms with Crippen LogP contribution >= 0.6 is 12.4 Å². The van der Waals surface area contributed by atoms with Gasteiger partial charge in [0.05, 0.1) is 5.69 Å². The monoisotopic (exact) mass is 241 g/mol. The first-order valence-electron chi connectivity index (χ1n) is 5.74. The Morgan fingerprint density at radius 2 is 2.44 bits per heavy atom. The lowest BCUT2D eigenvalue weighted by atomic mass is 10.2. The zero-order valence-electron chi connectivity index (χ0n) is 9.65. The molecule has 0 saturated carbocycles. The normalized spacial score (nSPS) is 21.4. The third kappa shape index (κ3) is 3.74. The molecule has 2 N–H and O–H groups in total. The molecule has 0 aromatic carbocycles. The maximum absolute atomic E-state index is 4.34. The number of pyridine rings is 1. The van der Waals surface area contributed by atoms with Gasteiger partial charge in [0.25, 0.3) is 0 Å². The molecule has 2 atom stereocenters. The van der Waals surface area contributed by atoms with Gasteiger partial charge in [-0.3, -0.25) is 4.98 Å². The van der Waals surface area contributed by atoms with Crippen molar-refractivity contribution < 1.29 is 0 Å². The van der Waals surface area contributed by atoms with E-state index >= 15 is 0 Å². The van der Waals surface area contributed by atoms with E-state index < -0.39 is 0 Å². The average Bonchev–Trinajstić information content (AvgIpc) is 2.80. The van der Waals surface area contributed by atoms with Gasteiger partial charge in [0.1, 0.15) is 0 Å². The summed E-state index contributed by atoms with van der Waals surface area (Å²) in [5.74, 6) is 0. The highest BCUT2D eigenvalue weighted by atomic mass is 35.5. The van der Waals surface area contributed by atoms with Crippen LogP contribution < -0.4 is 10.6 Å². The fraction of sp³-hybridized carbons (Fsp3) is 0.583. The van der Waals surface area contributed by atoms with E-state index in [-0.39, 0.29) is 12.4 Å². The molecule has 1 aliphatic heterocycles. The van der Waals surface area contributed by atoms with E-state index in [4.69, 9.17) is 0 Å². The minimum absolute atomic E-state index is 0. The van der Waals surface area contributed by atoms with Crippen molar-refractivity contribution in [2.75, 3.05) is 13.1 Å². The molecule has 16 heavy (non-hydrogen) atoms. The maximum Gasteiger partial charge on any atom is 0.0570 e. The van der Waals surface area contributed by atoms with Crippen LogP contribution in [0.5, 0.6) is 0 Å².